The first kappa shape index (κ1) is 17.8. The zero-order chi connectivity index (χ0) is 18.5. The lowest BCUT2D eigenvalue weighted by atomic mass is 10.0. The van der Waals surface area contributed by atoms with Gasteiger partial charge in [0.25, 0.3) is 5.69 Å². The molecule has 132 valence electrons. The van der Waals surface area contributed by atoms with E-state index >= 15 is 0 Å². The number of rotatable bonds is 5. The zero-order valence-corrected chi connectivity index (χ0v) is 14.8. The number of amides is 1. The van der Waals surface area contributed by atoms with Crippen molar-refractivity contribution in [2.45, 2.75) is 18.6 Å². The van der Waals surface area contributed by atoms with Crippen LogP contribution >= 0.6 is 11.8 Å². The second kappa shape index (κ2) is 7.92. The smallest absolute Gasteiger partial charge is 0.269 e. The summed E-state index contributed by atoms with van der Waals surface area (Å²) in [6.07, 6.45) is 2.12. The average Bonchev–Trinajstić information content (AvgIpc) is 2.97. The van der Waals surface area contributed by atoms with Gasteiger partial charge in [-0.1, -0.05) is 36.0 Å². The van der Waals surface area contributed by atoms with E-state index in [4.69, 9.17) is 0 Å². The van der Waals surface area contributed by atoms with Crippen LogP contribution in [0.1, 0.15) is 16.7 Å². The zero-order valence-electron chi connectivity index (χ0n) is 14.0. The molecule has 1 aliphatic rings. The van der Waals surface area contributed by atoms with Crippen LogP contribution in [0.5, 0.6) is 0 Å². The number of hydrogen-bond acceptors (Lipinski definition) is 6. The summed E-state index contributed by atoms with van der Waals surface area (Å²) in [5, 5.41) is 21.5. The van der Waals surface area contributed by atoms with E-state index in [-0.39, 0.29) is 16.8 Å². The molecule has 1 fully saturated rings. The molecule has 26 heavy (non-hydrogen) atoms. The molecule has 1 atom stereocenters. The summed E-state index contributed by atoms with van der Waals surface area (Å²) in [6, 6.07) is 14.0. The highest BCUT2D eigenvalue weighted by Gasteiger charge is 2.30. The fourth-order valence-corrected chi connectivity index (χ4v) is 3.41. The minimum atomic E-state index is -0.458. The molecule has 1 N–H and O–H groups in total. The van der Waals surface area contributed by atoms with Crippen molar-refractivity contribution in [3.63, 3.8) is 0 Å². The molecule has 7 nitrogen and oxygen atoms in total. The summed E-state index contributed by atoms with van der Waals surface area (Å²) in [4.78, 5) is 22.3. The van der Waals surface area contributed by atoms with Gasteiger partial charge in [-0.15, -0.1) is 5.10 Å². The largest absolute Gasteiger partial charge is 0.303 e. The van der Waals surface area contributed by atoms with E-state index in [1.165, 1.54) is 30.1 Å². The first-order chi connectivity index (χ1) is 12.5. The molecule has 1 aliphatic heterocycles. The van der Waals surface area contributed by atoms with Gasteiger partial charge in [0.05, 0.1) is 16.4 Å². The van der Waals surface area contributed by atoms with Crippen LogP contribution < -0.4 is 5.32 Å². The number of carbonyl (C=O) groups excluding carboxylic acids is 1. The van der Waals surface area contributed by atoms with Gasteiger partial charge in [0.2, 0.25) is 5.91 Å². The Morgan fingerprint density at radius 3 is 2.65 bits per heavy atom. The Hall–Kier alpha value is -3.00. The van der Waals surface area contributed by atoms with Crippen LogP contribution in [0.3, 0.4) is 0 Å². The van der Waals surface area contributed by atoms with Crippen molar-refractivity contribution in [2.75, 3.05) is 0 Å². The molecular weight excluding hydrogens is 352 g/mol. The van der Waals surface area contributed by atoms with Crippen LogP contribution in [0.15, 0.2) is 58.7 Å². The number of nitro benzene ring substituents is 1. The number of aryl methyl sites for hydroxylation is 1. The van der Waals surface area contributed by atoms with Crippen molar-refractivity contribution in [1.29, 1.82) is 0 Å². The third-order valence-corrected chi connectivity index (χ3v) is 4.97. The SMILES string of the molecule is Cc1ccccc1C[C@@H]1S/C(=N/N=C\c2ccc([N+](=O)[O-])cc2)NC1=O. The molecule has 0 saturated carbocycles. The van der Waals surface area contributed by atoms with E-state index in [9.17, 15) is 14.9 Å². The monoisotopic (exact) mass is 368 g/mol. The highest BCUT2D eigenvalue weighted by atomic mass is 32.2. The van der Waals surface area contributed by atoms with E-state index < -0.39 is 4.92 Å². The molecule has 1 saturated heterocycles. The Kier molecular flexibility index (Phi) is 5.43. The van der Waals surface area contributed by atoms with Crippen LogP contribution in [0.25, 0.3) is 0 Å². The Morgan fingerprint density at radius 2 is 1.96 bits per heavy atom. The van der Waals surface area contributed by atoms with Gasteiger partial charge in [-0.2, -0.15) is 5.10 Å². The second-order valence-corrected chi connectivity index (χ2v) is 6.92. The van der Waals surface area contributed by atoms with Crippen molar-refractivity contribution in [3.8, 4) is 0 Å². The van der Waals surface area contributed by atoms with Crippen molar-refractivity contribution in [2.24, 2.45) is 10.2 Å². The van der Waals surface area contributed by atoms with Crippen molar-refractivity contribution >= 4 is 34.7 Å². The summed E-state index contributed by atoms with van der Waals surface area (Å²) >= 11 is 1.35. The molecule has 0 radical (unpaired) electrons. The molecule has 2 aromatic rings. The lowest BCUT2D eigenvalue weighted by Gasteiger charge is -2.07. The minimum Gasteiger partial charge on any atom is -0.303 e. The summed E-state index contributed by atoms with van der Waals surface area (Å²) in [7, 11) is 0. The lowest BCUT2D eigenvalue weighted by molar-refractivity contribution is -0.384. The van der Waals surface area contributed by atoms with Gasteiger partial charge in [0, 0.05) is 12.1 Å². The maximum atomic E-state index is 12.1. The van der Waals surface area contributed by atoms with Gasteiger partial charge < -0.3 is 5.32 Å². The number of non-ortho nitro benzene ring substituents is 1. The van der Waals surface area contributed by atoms with Crippen LogP contribution in [-0.4, -0.2) is 27.5 Å². The van der Waals surface area contributed by atoms with Gasteiger partial charge in [-0.3, -0.25) is 14.9 Å². The van der Waals surface area contributed by atoms with Gasteiger partial charge in [0.15, 0.2) is 5.17 Å². The molecule has 1 heterocycles. The highest BCUT2D eigenvalue weighted by molar-refractivity contribution is 8.15. The number of hydrogen-bond donors (Lipinski definition) is 1. The lowest BCUT2D eigenvalue weighted by Crippen LogP contribution is -2.26. The molecule has 0 aliphatic carbocycles. The third-order valence-electron chi connectivity index (χ3n) is 3.90. The van der Waals surface area contributed by atoms with E-state index in [0.29, 0.717) is 17.2 Å². The Balaban J connectivity index is 1.62. The van der Waals surface area contributed by atoms with Crippen LogP contribution in [0.2, 0.25) is 0 Å². The summed E-state index contributed by atoms with van der Waals surface area (Å²) < 4.78 is 0. The molecule has 1 amide bonds. The Bertz CT molecular complexity index is 894. The molecule has 0 bridgehead atoms. The van der Waals surface area contributed by atoms with E-state index in [1.54, 1.807) is 12.1 Å². The maximum Gasteiger partial charge on any atom is 0.269 e. The van der Waals surface area contributed by atoms with Crippen LogP contribution in [0, 0.1) is 17.0 Å². The van der Waals surface area contributed by atoms with E-state index in [0.717, 1.165) is 11.1 Å². The molecule has 0 aromatic heterocycles. The first-order valence-corrected chi connectivity index (χ1v) is 8.78. The molecule has 0 spiro atoms. The fraction of sp³-hybridized carbons (Fsp3) is 0.167. The fourth-order valence-electron chi connectivity index (χ4n) is 2.46. The topological polar surface area (TPSA) is 97.0 Å². The summed E-state index contributed by atoms with van der Waals surface area (Å²) in [5.41, 5.74) is 3.00. The van der Waals surface area contributed by atoms with Gasteiger partial charge in [0.1, 0.15) is 0 Å². The molecule has 2 aromatic carbocycles. The number of thioether (sulfide) groups is 1. The van der Waals surface area contributed by atoms with Gasteiger partial charge in [-0.25, -0.2) is 0 Å². The van der Waals surface area contributed by atoms with Crippen LogP contribution in [0.4, 0.5) is 5.69 Å². The van der Waals surface area contributed by atoms with E-state index in [2.05, 4.69) is 15.5 Å². The van der Waals surface area contributed by atoms with Crippen molar-refractivity contribution < 1.29 is 9.72 Å². The quantitative estimate of drug-likeness (QED) is 0.498. The van der Waals surface area contributed by atoms with Gasteiger partial charge in [-0.05, 0) is 42.2 Å². The highest BCUT2D eigenvalue weighted by Crippen LogP contribution is 2.24. The predicted octanol–water partition coefficient (Wildman–Crippen LogP) is 3.07. The molecular formula is C18H16N4O3S. The normalized spacial score (nSPS) is 18.4. The summed E-state index contributed by atoms with van der Waals surface area (Å²) in [5.74, 6) is -0.0810. The van der Waals surface area contributed by atoms with E-state index in [1.807, 2.05) is 31.2 Å². The number of benzene rings is 2. The number of nitrogens with one attached hydrogen (secondary N) is 1. The predicted molar refractivity (Wildman–Crippen MR) is 103 cm³/mol. The first-order valence-electron chi connectivity index (χ1n) is 7.90. The van der Waals surface area contributed by atoms with Crippen molar-refractivity contribution in [1.82, 2.24) is 5.32 Å². The Morgan fingerprint density at radius 1 is 1.23 bits per heavy atom. The molecule has 8 heteroatoms. The third kappa shape index (κ3) is 4.34. The van der Waals surface area contributed by atoms with Gasteiger partial charge >= 0.3 is 0 Å². The standard InChI is InChI=1S/C18H16N4O3S/c1-12-4-2-3-5-14(12)10-16-17(23)20-18(26-16)21-19-11-13-6-8-15(9-7-13)22(24)25/h2-9,11,16H,10H2,1H3,(H,20,21,23)/b19-11-/t16-/m0/s1. The van der Waals surface area contributed by atoms with Crippen molar-refractivity contribution in [3.05, 3.63) is 75.3 Å². The minimum absolute atomic E-state index is 0.0196. The maximum absolute atomic E-state index is 12.1. The summed E-state index contributed by atoms with van der Waals surface area (Å²) in [6.45, 7) is 2.02. The van der Waals surface area contributed by atoms with Crippen LogP contribution in [-0.2, 0) is 11.2 Å². The molecule has 3 rings (SSSR count). The second-order valence-electron chi connectivity index (χ2n) is 5.72. The average molecular weight is 368 g/mol. The number of amidine groups is 1. The Labute approximate surface area is 154 Å². The number of nitrogens with zero attached hydrogens (tertiary/aromatic N) is 3. The number of nitro groups is 1. The number of carbonyl (C=O) groups is 1. The molecule has 0 unspecified atom stereocenters.